The van der Waals surface area contributed by atoms with Gasteiger partial charge in [0, 0.05) is 0 Å². The van der Waals surface area contributed by atoms with E-state index in [-0.39, 0.29) is 21.7 Å². The molecule has 0 aliphatic heterocycles. The number of anilines is 1. The van der Waals surface area contributed by atoms with Crippen LogP contribution in [0, 0.1) is 5.82 Å². The molecule has 1 heterocycles. The Morgan fingerprint density at radius 1 is 1.29 bits per heavy atom. The van der Waals surface area contributed by atoms with Gasteiger partial charge in [-0.25, -0.2) is 17.8 Å². The first-order valence-corrected chi connectivity index (χ1v) is 8.05. The first kappa shape index (κ1) is 15.7. The van der Waals surface area contributed by atoms with Crippen molar-refractivity contribution < 1.29 is 22.7 Å². The lowest BCUT2D eigenvalue weighted by Crippen LogP contribution is -2.16. The highest BCUT2D eigenvalue weighted by Gasteiger charge is 2.20. The number of hydrogen-bond acceptors (Lipinski definition) is 5. The van der Waals surface area contributed by atoms with Gasteiger partial charge in [-0.1, -0.05) is 0 Å². The van der Waals surface area contributed by atoms with E-state index in [4.69, 9.17) is 5.73 Å². The number of primary amides is 1. The summed E-state index contributed by atoms with van der Waals surface area (Å²) in [5.74, 6) is -2.29. The van der Waals surface area contributed by atoms with Crippen LogP contribution in [-0.2, 0) is 10.0 Å². The minimum atomic E-state index is -4.21. The fraction of sp³-hybridized carbons (Fsp3) is 0. The molecule has 8 nitrogen and oxygen atoms in total. The molecule has 1 aromatic heterocycles. The number of phenols is 1. The smallest absolute Gasteiger partial charge is 0.262 e. The van der Waals surface area contributed by atoms with Crippen LogP contribution in [0.1, 0.15) is 10.4 Å². The normalized spacial score (nSPS) is 11.5. The van der Waals surface area contributed by atoms with Gasteiger partial charge >= 0.3 is 0 Å². The number of carbonyl (C=O) groups is 1. The number of carbonyl (C=O) groups excluding carboxylic acids is 1. The van der Waals surface area contributed by atoms with E-state index < -0.39 is 27.5 Å². The number of nitrogens with one attached hydrogen (secondary N) is 2. The summed E-state index contributed by atoms with van der Waals surface area (Å²) in [6.07, 6.45) is 1.28. The van der Waals surface area contributed by atoms with Gasteiger partial charge < -0.3 is 15.8 Å². The van der Waals surface area contributed by atoms with Crippen molar-refractivity contribution in [1.29, 1.82) is 0 Å². The van der Waals surface area contributed by atoms with Gasteiger partial charge in [0.1, 0.15) is 11.3 Å². The molecule has 0 unspecified atom stereocenters. The Bertz CT molecular complexity index is 1060. The van der Waals surface area contributed by atoms with Gasteiger partial charge in [-0.15, -0.1) is 0 Å². The zero-order chi connectivity index (χ0) is 17.5. The highest BCUT2D eigenvalue weighted by molar-refractivity contribution is 7.92. The summed E-state index contributed by atoms with van der Waals surface area (Å²) >= 11 is 0. The van der Waals surface area contributed by atoms with Crippen LogP contribution >= 0.6 is 0 Å². The van der Waals surface area contributed by atoms with Gasteiger partial charge in [0.2, 0.25) is 0 Å². The SMILES string of the molecule is NC(=O)c1cc(S(=O)(=O)Nc2ccc3[nH]cnc3c2F)ccc1O. The zero-order valence-corrected chi connectivity index (χ0v) is 12.8. The highest BCUT2D eigenvalue weighted by Crippen LogP contribution is 2.26. The van der Waals surface area contributed by atoms with Crippen LogP contribution in [0.25, 0.3) is 11.0 Å². The minimum absolute atomic E-state index is 0.0151. The lowest BCUT2D eigenvalue weighted by Gasteiger charge is -2.10. The number of aromatic nitrogens is 2. The van der Waals surface area contributed by atoms with E-state index in [1.165, 1.54) is 18.5 Å². The van der Waals surface area contributed by atoms with Gasteiger partial charge in [-0.05, 0) is 30.3 Å². The van der Waals surface area contributed by atoms with E-state index in [0.717, 1.165) is 18.2 Å². The van der Waals surface area contributed by atoms with Crippen LogP contribution in [-0.4, -0.2) is 29.4 Å². The Balaban J connectivity index is 2.03. The third kappa shape index (κ3) is 2.63. The number of hydrogen-bond donors (Lipinski definition) is 4. The maximum absolute atomic E-state index is 14.3. The molecule has 0 spiro atoms. The molecule has 0 aliphatic carbocycles. The molecule has 124 valence electrons. The Morgan fingerprint density at radius 3 is 2.75 bits per heavy atom. The van der Waals surface area contributed by atoms with Crippen molar-refractivity contribution in [2.75, 3.05) is 4.72 Å². The first-order valence-electron chi connectivity index (χ1n) is 6.57. The number of H-pyrrole nitrogens is 1. The number of aromatic amines is 1. The molecule has 0 aliphatic rings. The van der Waals surface area contributed by atoms with E-state index in [0.29, 0.717) is 5.52 Å². The van der Waals surface area contributed by atoms with Crippen LogP contribution in [0.15, 0.2) is 41.6 Å². The van der Waals surface area contributed by atoms with E-state index in [1.54, 1.807) is 0 Å². The molecule has 3 aromatic rings. The topological polar surface area (TPSA) is 138 Å². The number of sulfonamides is 1. The monoisotopic (exact) mass is 350 g/mol. The minimum Gasteiger partial charge on any atom is -0.507 e. The number of halogens is 1. The summed E-state index contributed by atoms with van der Waals surface area (Å²) < 4.78 is 41.1. The van der Waals surface area contributed by atoms with Crippen molar-refractivity contribution in [2.24, 2.45) is 5.73 Å². The molecule has 5 N–H and O–H groups in total. The summed E-state index contributed by atoms with van der Waals surface area (Å²) in [6, 6.07) is 5.69. The fourth-order valence-corrected chi connectivity index (χ4v) is 3.22. The van der Waals surface area contributed by atoms with Crippen LogP contribution in [0.4, 0.5) is 10.1 Å². The molecule has 24 heavy (non-hydrogen) atoms. The van der Waals surface area contributed by atoms with E-state index in [2.05, 4.69) is 14.7 Å². The second kappa shape index (κ2) is 5.49. The second-order valence-electron chi connectivity index (χ2n) is 4.87. The number of imidazole rings is 1. The van der Waals surface area contributed by atoms with Gasteiger partial charge in [-0.3, -0.25) is 9.52 Å². The Labute approximate surface area is 135 Å². The number of nitrogens with zero attached hydrogens (tertiary/aromatic N) is 1. The molecule has 0 radical (unpaired) electrons. The molecule has 2 aromatic carbocycles. The third-order valence-corrected chi connectivity index (χ3v) is 4.68. The van der Waals surface area contributed by atoms with Crippen LogP contribution in [0.2, 0.25) is 0 Å². The first-order chi connectivity index (χ1) is 11.3. The van der Waals surface area contributed by atoms with Crippen molar-refractivity contribution in [1.82, 2.24) is 9.97 Å². The van der Waals surface area contributed by atoms with Crippen molar-refractivity contribution in [3.8, 4) is 5.75 Å². The average Bonchev–Trinajstić information content (AvgIpc) is 2.99. The number of rotatable bonds is 4. The summed E-state index contributed by atoms with van der Waals surface area (Å²) in [4.78, 5) is 17.3. The number of amides is 1. The molecule has 0 saturated heterocycles. The largest absolute Gasteiger partial charge is 0.507 e. The van der Waals surface area contributed by atoms with Gasteiger partial charge in [0.05, 0.1) is 28.0 Å². The number of fused-ring (bicyclic) bond motifs is 1. The number of nitrogens with two attached hydrogens (primary N) is 1. The highest BCUT2D eigenvalue weighted by atomic mass is 32.2. The van der Waals surface area contributed by atoms with Crippen molar-refractivity contribution in [2.45, 2.75) is 4.90 Å². The second-order valence-corrected chi connectivity index (χ2v) is 6.56. The summed E-state index contributed by atoms with van der Waals surface area (Å²) in [5.41, 5.74) is 4.80. The Hall–Kier alpha value is -3.14. The quantitative estimate of drug-likeness (QED) is 0.562. The van der Waals surface area contributed by atoms with Crippen LogP contribution in [0.3, 0.4) is 0 Å². The van der Waals surface area contributed by atoms with E-state index in [9.17, 15) is 22.7 Å². The molecular weight excluding hydrogens is 339 g/mol. The number of benzene rings is 2. The lowest BCUT2D eigenvalue weighted by atomic mass is 10.2. The van der Waals surface area contributed by atoms with Gasteiger partial charge in [0.25, 0.3) is 15.9 Å². The Kier molecular flexibility index (Phi) is 3.60. The molecule has 1 amide bonds. The molecule has 0 saturated carbocycles. The van der Waals surface area contributed by atoms with Crippen molar-refractivity contribution >= 4 is 32.7 Å². The lowest BCUT2D eigenvalue weighted by molar-refractivity contribution is 0.0997. The van der Waals surface area contributed by atoms with Gasteiger partial charge in [0.15, 0.2) is 5.82 Å². The van der Waals surface area contributed by atoms with Crippen LogP contribution in [0.5, 0.6) is 5.75 Å². The van der Waals surface area contributed by atoms with Crippen molar-refractivity contribution in [3.63, 3.8) is 0 Å². The molecule has 0 atom stereocenters. The molecular formula is C14H11FN4O4S. The summed E-state index contributed by atoms with van der Waals surface area (Å²) in [7, 11) is -4.21. The summed E-state index contributed by atoms with van der Waals surface area (Å²) in [6.45, 7) is 0. The predicted molar refractivity (Wildman–Crippen MR) is 83.5 cm³/mol. The standard InChI is InChI=1S/C14H11FN4O4S/c15-12-9(2-3-10-13(12)18-6-17-10)19-24(22,23)7-1-4-11(20)8(5-7)14(16)21/h1-6,19-20H,(H2,16,21)(H,17,18). The molecule has 0 bridgehead atoms. The third-order valence-electron chi connectivity index (χ3n) is 3.32. The van der Waals surface area contributed by atoms with E-state index in [1.807, 2.05) is 0 Å². The molecule has 3 rings (SSSR count). The number of aromatic hydroxyl groups is 1. The Morgan fingerprint density at radius 2 is 2.04 bits per heavy atom. The van der Waals surface area contributed by atoms with Crippen molar-refractivity contribution in [3.05, 3.63) is 48.0 Å². The molecule has 0 fully saturated rings. The maximum Gasteiger partial charge on any atom is 0.262 e. The maximum atomic E-state index is 14.3. The average molecular weight is 350 g/mol. The molecule has 10 heteroatoms. The van der Waals surface area contributed by atoms with E-state index >= 15 is 0 Å². The summed E-state index contributed by atoms with van der Waals surface area (Å²) in [5, 5.41) is 9.51. The van der Waals surface area contributed by atoms with Crippen LogP contribution < -0.4 is 10.5 Å². The van der Waals surface area contributed by atoms with Gasteiger partial charge in [-0.2, -0.15) is 0 Å². The fourth-order valence-electron chi connectivity index (χ4n) is 2.14. The zero-order valence-electron chi connectivity index (χ0n) is 11.9. The predicted octanol–water partition coefficient (Wildman–Crippen LogP) is 1.31.